The van der Waals surface area contributed by atoms with Gasteiger partial charge < -0.3 is 20.4 Å². The van der Waals surface area contributed by atoms with E-state index in [2.05, 4.69) is 20.9 Å². The number of halogens is 1. The topological polar surface area (TPSA) is 96.3 Å². The smallest absolute Gasteiger partial charge is 0.230 e. The van der Waals surface area contributed by atoms with E-state index in [1.54, 1.807) is 12.1 Å². The number of amides is 2. The molecule has 2 aromatic heterocycles. The number of furan rings is 1. The predicted molar refractivity (Wildman–Crippen MR) is 94.2 cm³/mol. The number of rotatable bonds is 5. The SMILES string of the molecule is CC(=O)NCc1ccc(-c2csc(NC(=O)C3CCNC3)n2)o1.Cl. The number of hydrogen-bond donors (Lipinski definition) is 3. The lowest BCUT2D eigenvalue weighted by molar-refractivity contribution is -0.120. The van der Waals surface area contributed by atoms with Gasteiger partial charge in [0, 0.05) is 18.8 Å². The van der Waals surface area contributed by atoms with Gasteiger partial charge in [0.05, 0.1) is 12.5 Å². The molecule has 0 saturated carbocycles. The number of carbonyl (C=O) groups is 2. The van der Waals surface area contributed by atoms with Crippen molar-refractivity contribution in [1.82, 2.24) is 15.6 Å². The number of aromatic nitrogens is 1. The van der Waals surface area contributed by atoms with Gasteiger partial charge >= 0.3 is 0 Å². The molecular weight excluding hydrogens is 352 g/mol. The molecule has 1 atom stereocenters. The Bertz CT molecular complexity index is 709. The largest absolute Gasteiger partial charge is 0.458 e. The molecule has 130 valence electrons. The Morgan fingerprint density at radius 1 is 1.46 bits per heavy atom. The minimum atomic E-state index is -0.108. The van der Waals surface area contributed by atoms with Crippen LogP contribution in [0.2, 0.25) is 0 Å². The molecule has 0 aliphatic carbocycles. The van der Waals surface area contributed by atoms with E-state index >= 15 is 0 Å². The molecule has 2 aromatic rings. The van der Waals surface area contributed by atoms with E-state index in [1.807, 2.05) is 5.38 Å². The summed E-state index contributed by atoms with van der Waals surface area (Å²) >= 11 is 1.37. The number of thiazole rings is 1. The van der Waals surface area contributed by atoms with Crippen molar-refractivity contribution in [2.45, 2.75) is 19.9 Å². The van der Waals surface area contributed by atoms with E-state index in [0.717, 1.165) is 19.5 Å². The summed E-state index contributed by atoms with van der Waals surface area (Å²) in [6.07, 6.45) is 0.856. The Labute approximate surface area is 149 Å². The molecule has 1 aliphatic heterocycles. The van der Waals surface area contributed by atoms with Crippen LogP contribution in [0.25, 0.3) is 11.5 Å². The second-order valence-corrected chi connectivity index (χ2v) is 6.25. The van der Waals surface area contributed by atoms with Crippen LogP contribution in [0.15, 0.2) is 21.9 Å². The molecule has 1 fully saturated rings. The third-order valence-electron chi connectivity index (χ3n) is 3.59. The molecule has 1 unspecified atom stereocenters. The van der Waals surface area contributed by atoms with Crippen LogP contribution in [0, 0.1) is 5.92 Å². The van der Waals surface area contributed by atoms with Gasteiger partial charge in [-0.25, -0.2) is 4.98 Å². The van der Waals surface area contributed by atoms with Gasteiger partial charge in [-0.2, -0.15) is 0 Å². The molecule has 1 aliphatic rings. The van der Waals surface area contributed by atoms with E-state index in [1.165, 1.54) is 18.3 Å². The minimum Gasteiger partial charge on any atom is -0.458 e. The maximum absolute atomic E-state index is 12.1. The van der Waals surface area contributed by atoms with Crippen LogP contribution in [-0.2, 0) is 16.1 Å². The van der Waals surface area contributed by atoms with Crippen LogP contribution >= 0.6 is 23.7 Å². The summed E-state index contributed by atoms with van der Waals surface area (Å²) in [4.78, 5) is 27.4. The lowest BCUT2D eigenvalue weighted by Crippen LogP contribution is -2.24. The molecule has 3 N–H and O–H groups in total. The van der Waals surface area contributed by atoms with Gasteiger partial charge in [0.1, 0.15) is 11.5 Å². The Balaban J connectivity index is 0.00000208. The van der Waals surface area contributed by atoms with Crippen LogP contribution in [0.5, 0.6) is 0 Å². The van der Waals surface area contributed by atoms with Gasteiger partial charge in [-0.15, -0.1) is 23.7 Å². The second-order valence-electron chi connectivity index (χ2n) is 5.39. The van der Waals surface area contributed by atoms with Gasteiger partial charge in [0.25, 0.3) is 0 Å². The van der Waals surface area contributed by atoms with Gasteiger partial charge in [-0.3, -0.25) is 9.59 Å². The van der Waals surface area contributed by atoms with Gasteiger partial charge in [-0.1, -0.05) is 0 Å². The third kappa shape index (κ3) is 4.56. The normalized spacial score (nSPS) is 16.5. The highest BCUT2D eigenvalue weighted by molar-refractivity contribution is 7.14. The highest BCUT2D eigenvalue weighted by Gasteiger charge is 2.23. The molecule has 2 amide bonds. The van der Waals surface area contributed by atoms with E-state index in [9.17, 15) is 9.59 Å². The third-order valence-corrected chi connectivity index (χ3v) is 4.35. The Morgan fingerprint density at radius 3 is 3.00 bits per heavy atom. The monoisotopic (exact) mass is 370 g/mol. The maximum Gasteiger partial charge on any atom is 0.230 e. The summed E-state index contributed by atoms with van der Waals surface area (Å²) in [5, 5.41) is 11.1. The molecule has 0 spiro atoms. The quantitative estimate of drug-likeness (QED) is 0.748. The number of carbonyl (C=O) groups excluding carboxylic acids is 2. The standard InChI is InChI=1S/C15H18N4O3S.ClH/c1-9(20)17-7-11-2-3-13(22-11)12-8-23-15(18-12)19-14(21)10-4-5-16-6-10;/h2-3,8,10,16H,4-7H2,1H3,(H,17,20)(H,18,19,21);1H. The molecule has 0 radical (unpaired) electrons. The molecule has 7 nitrogen and oxygen atoms in total. The number of anilines is 1. The average Bonchev–Trinajstić information content (AvgIpc) is 3.25. The zero-order chi connectivity index (χ0) is 16.2. The lowest BCUT2D eigenvalue weighted by atomic mass is 10.1. The average molecular weight is 371 g/mol. The van der Waals surface area contributed by atoms with Crippen molar-refractivity contribution in [2.75, 3.05) is 18.4 Å². The summed E-state index contributed by atoms with van der Waals surface area (Å²) in [6, 6.07) is 3.60. The zero-order valence-electron chi connectivity index (χ0n) is 13.1. The van der Waals surface area contributed by atoms with E-state index in [0.29, 0.717) is 28.9 Å². The first-order chi connectivity index (χ1) is 11.1. The lowest BCUT2D eigenvalue weighted by Gasteiger charge is -2.06. The fourth-order valence-corrected chi connectivity index (χ4v) is 3.06. The highest BCUT2D eigenvalue weighted by Crippen LogP contribution is 2.27. The summed E-state index contributed by atoms with van der Waals surface area (Å²) < 4.78 is 5.64. The number of hydrogen-bond acceptors (Lipinski definition) is 6. The van der Waals surface area contributed by atoms with Crippen molar-refractivity contribution in [2.24, 2.45) is 5.92 Å². The number of nitrogens with zero attached hydrogens (tertiary/aromatic N) is 1. The molecule has 1 saturated heterocycles. The number of nitrogens with one attached hydrogen (secondary N) is 3. The fourth-order valence-electron chi connectivity index (χ4n) is 2.35. The van der Waals surface area contributed by atoms with E-state index in [4.69, 9.17) is 4.42 Å². The van der Waals surface area contributed by atoms with E-state index in [-0.39, 0.29) is 30.1 Å². The van der Waals surface area contributed by atoms with Crippen LogP contribution in [0.4, 0.5) is 5.13 Å². The van der Waals surface area contributed by atoms with Crippen LogP contribution in [0.1, 0.15) is 19.1 Å². The molecule has 24 heavy (non-hydrogen) atoms. The molecular formula is C15H19ClN4O3S. The first-order valence-corrected chi connectivity index (χ1v) is 8.30. The highest BCUT2D eigenvalue weighted by atomic mass is 35.5. The Kier molecular flexibility index (Phi) is 6.36. The van der Waals surface area contributed by atoms with Crippen molar-refractivity contribution in [3.63, 3.8) is 0 Å². The first-order valence-electron chi connectivity index (χ1n) is 7.42. The van der Waals surface area contributed by atoms with Crippen molar-refractivity contribution in [1.29, 1.82) is 0 Å². The Hall–Kier alpha value is -1.90. The predicted octanol–water partition coefficient (Wildman–Crippen LogP) is 2.01. The first kappa shape index (κ1) is 18.4. The second kappa shape index (κ2) is 8.27. The van der Waals surface area contributed by atoms with Crippen LogP contribution in [0.3, 0.4) is 0 Å². The van der Waals surface area contributed by atoms with Crippen LogP contribution < -0.4 is 16.0 Å². The van der Waals surface area contributed by atoms with Gasteiger partial charge in [0.2, 0.25) is 11.8 Å². The van der Waals surface area contributed by atoms with Gasteiger partial charge in [-0.05, 0) is 25.1 Å². The summed E-state index contributed by atoms with van der Waals surface area (Å²) in [5.41, 5.74) is 0.670. The van der Waals surface area contributed by atoms with Gasteiger partial charge in [0.15, 0.2) is 10.9 Å². The van der Waals surface area contributed by atoms with Crippen molar-refractivity contribution in [3.05, 3.63) is 23.3 Å². The van der Waals surface area contributed by atoms with Crippen LogP contribution in [-0.4, -0.2) is 29.9 Å². The van der Waals surface area contributed by atoms with Crippen molar-refractivity contribution < 1.29 is 14.0 Å². The molecule has 3 rings (SSSR count). The molecule has 0 aromatic carbocycles. The Morgan fingerprint density at radius 2 is 2.29 bits per heavy atom. The fraction of sp³-hybridized carbons (Fsp3) is 0.400. The maximum atomic E-state index is 12.1. The molecule has 9 heteroatoms. The molecule has 0 bridgehead atoms. The summed E-state index contributed by atoms with van der Waals surface area (Å²) in [7, 11) is 0. The van der Waals surface area contributed by atoms with Crippen molar-refractivity contribution >= 4 is 40.7 Å². The molecule has 3 heterocycles. The van der Waals surface area contributed by atoms with E-state index < -0.39 is 0 Å². The summed E-state index contributed by atoms with van der Waals surface area (Å²) in [6.45, 7) is 3.40. The minimum absolute atomic E-state index is 0. The zero-order valence-corrected chi connectivity index (χ0v) is 14.8. The summed E-state index contributed by atoms with van der Waals surface area (Å²) in [5.74, 6) is 1.18. The van der Waals surface area contributed by atoms with Crippen molar-refractivity contribution in [3.8, 4) is 11.5 Å².